The van der Waals surface area contributed by atoms with Gasteiger partial charge in [0.25, 0.3) is 0 Å². The van der Waals surface area contributed by atoms with Crippen molar-refractivity contribution in [3.05, 3.63) is 16.6 Å². The molecule has 0 amide bonds. The maximum atomic E-state index is 4.39. The van der Waals surface area contributed by atoms with Crippen molar-refractivity contribution < 1.29 is 0 Å². The second-order valence-corrected chi connectivity index (χ2v) is 5.93. The zero-order valence-corrected chi connectivity index (χ0v) is 10.5. The average molecular weight is 237 g/mol. The molecule has 0 saturated carbocycles. The largest absolute Gasteiger partial charge is 0.304 e. The standard InChI is InChI=1S/C12H19N3S/c1-9(12-13-4-7-16-12)14-11-8-15-5-2-10(11)3-6-15/h4,7,9-11,14H,2-3,5-6,8H2,1H3. The van der Waals surface area contributed by atoms with Crippen molar-refractivity contribution in [3.8, 4) is 0 Å². The van der Waals surface area contributed by atoms with Crippen LogP contribution in [0.15, 0.2) is 11.6 Å². The van der Waals surface area contributed by atoms with Gasteiger partial charge in [-0.05, 0) is 38.8 Å². The van der Waals surface area contributed by atoms with Gasteiger partial charge in [-0.25, -0.2) is 4.98 Å². The Balaban J connectivity index is 1.62. The molecule has 1 aromatic heterocycles. The molecule has 4 heteroatoms. The Morgan fingerprint density at radius 3 is 2.88 bits per heavy atom. The molecule has 88 valence electrons. The predicted octanol–water partition coefficient (Wildman–Crippen LogP) is 1.89. The number of piperidine rings is 3. The third-order valence-electron chi connectivity index (χ3n) is 3.94. The molecule has 3 fully saturated rings. The first-order valence-electron chi connectivity index (χ1n) is 6.21. The van der Waals surface area contributed by atoms with Crippen molar-refractivity contribution in [2.45, 2.75) is 31.8 Å². The Kier molecular flexibility index (Phi) is 2.96. The highest BCUT2D eigenvalue weighted by molar-refractivity contribution is 7.09. The Labute approximate surface area is 101 Å². The molecule has 0 radical (unpaired) electrons. The summed E-state index contributed by atoms with van der Waals surface area (Å²) >= 11 is 1.75. The minimum absolute atomic E-state index is 0.408. The second kappa shape index (κ2) is 4.43. The van der Waals surface area contributed by atoms with Crippen LogP contribution in [0, 0.1) is 5.92 Å². The molecule has 0 spiro atoms. The van der Waals surface area contributed by atoms with Crippen LogP contribution in [0.1, 0.15) is 30.8 Å². The molecule has 3 saturated heterocycles. The molecule has 0 aromatic carbocycles. The molecule has 0 aliphatic carbocycles. The van der Waals surface area contributed by atoms with Gasteiger partial charge in [0.1, 0.15) is 5.01 Å². The van der Waals surface area contributed by atoms with Gasteiger partial charge >= 0.3 is 0 Å². The smallest absolute Gasteiger partial charge is 0.109 e. The van der Waals surface area contributed by atoms with Crippen LogP contribution in [0.4, 0.5) is 0 Å². The molecule has 3 aliphatic rings. The number of hydrogen-bond donors (Lipinski definition) is 1. The van der Waals surface area contributed by atoms with Gasteiger partial charge < -0.3 is 10.2 Å². The van der Waals surface area contributed by atoms with Crippen molar-refractivity contribution in [1.29, 1.82) is 0 Å². The molecule has 2 bridgehead atoms. The summed E-state index contributed by atoms with van der Waals surface area (Å²) in [5.74, 6) is 0.896. The van der Waals surface area contributed by atoms with Gasteiger partial charge in [-0.3, -0.25) is 0 Å². The average Bonchev–Trinajstić information content (AvgIpc) is 2.84. The Bertz CT molecular complexity index is 330. The number of thiazole rings is 1. The van der Waals surface area contributed by atoms with Gasteiger partial charge in [-0.1, -0.05) is 0 Å². The molecular formula is C12H19N3S. The van der Waals surface area contributed by atoms with Crippen LogP contribution < -0.4 is 5.32 Å². The number of hydrogen-bond acceptors (Lipinski definition) is 4. The molecule has 3 aliphatic heterocycles. The Morgan fingerprint density at radius 2 is 2.31 bits per heavy atom. The summed E-state index contributed by atoms with van der Waals surface area (Å²) in [4.78, 5) is 6.98. The summed E-state index contributed by atoms with van der Waals surface area (Å²) in [6.07, 6.45) is 4.65. The highest BCUT2D eigenvalue weighted by atomic mass is 32.1. The molecule has 3 nitrogen and oxygen atoms in total. The van der Waals surface area contributed by atoms with E-state index in [1.54, 1.807) is 11.3 Å². The molecule has 4 heterocycles. The van der Waals surface area contributed by atoms with Crippen LogP contribution in [0.3, 0.4) is 0 Å². The fourth-order valence-electron chi connectivity index (χ4n) is 2.99. The summed E-state index contributed by atoms with van der Waals surface area (Å²) in [7, 11) is 0. The van der Waals surface area contributed by atoms with E-state index in [4.69, 9.17) is 0 Å². The molecule has 2 unspecified atom stereocenters. The highest BCUT2D eigenvalue weighted by Crippen LogP contribution is 2.29. The van der Waals surface area contributed by atoms with Crippen molar-refractivity contribution in [2.24, 2.45) is 5.92 Å². The first-order chi connectivity index (χ1) is 7.83. The molecule has 16 heavy (non-hydrogen) atoms. The summed E-state index contributed by atoms with van der Waals surface area (Å²) in [6, 6.07) is 1.09. The number of aromatic nitrogens is 1. The first-order valence-corrected chi connectivity index (χ1v) is 7.08. The van der Waals surface area contributed by atoms with Crippen molar-refractivity contribution in [2.75, 3.05) is 19.6 Å². The van der Waals surface area contributed by atoms with Gasteiger partial charge in [0.05, 0.1) is 6.04 Å². The van der Waals surface area contributed by atoms with Crippen molar-refractivity contribution in [1.82, 2.24) is 15.2 Å². The monoisotopic (exact) mass is 237 g/mol. The van der Waals surface area contributed by atoms with Crippen LogP contribution in [0.25, 0.3) is 0 Å². The lowest BCUT2D eigenvalue weighted by Gasteiger charge is -2.45. The van der Waals surface area contributed by atoms with Crippen molar-refractivity contribution in [3.63, 3.8) is 0 Å². The fraction of sp³-hybridized carbons (Fsp3) is 0.750. The minimum atomic E-state index is 0.408. The summed E-state index contributed by atoms with van der Waals surface area (Å²) in [5, 5.41) is 7.04. The zero-order valence-electron chi connectivity index (χ0n) is 9.72. The summed E-state index contributed by atoms with van der Waals surface area (Å²) in [6.45, 7) is 6.10. The zero-order chi connectivity index (χ0) is 11.0. The van der Waals surface area contributed by atoms with Gasteiger partial charge in [0, 0.05) is 24.2 Å². The predicted molar refractivity (Wildman–Crippen MR) is 66.6 cm³/mol. The van der Waals surface area contributed by atoms with Crippen LogP contribution in [0.2, 0.25) is 0 Å². The van der Waals surface area contributed by atoms with Crippen LogP contribution in [0.5, 0.6) is 0 Å². The number of rotatable bonds is 3. The van der Waals surface area contributed by atoms with Gasteiger partial charge in [0.2, 0.25) is 0 Å². The van der Waals surface area contributed by atoms with Crippen molar-refractivity contribution >= 4 is 11.3 Å². The van der Waals surface area contributed by atoms with E-state index in [1.165, 1.54) is 37.5 Å². The van der Waals surface area contributed by atoms with E-state index in [1.807, 2.05) is 6.20 Å². The van der Waals surface area contributed by atoms with E-state index in [2.05, 4.69) is 27.5 Å². The summed E-state index contributed by atoms with van der Waals surface area (Å²) < 4.78 is 0. The Morgan fingerprint density at radius 1 is 1.50 bits per heavy atom. The molecule has 4 rings (SSSR count). The second-order valence-electron chi connectivity index (χ2n) is 5.00. The van der Waals surface area contributed by atoms with Crippen LogP contribution >= 0.6 is 11.3 Å². The highest BCUT2D eigenvalue weighted by Gasteiger charge is 2.34. The lowest BCUT2D eigenvalue weighted by molar-refractivity contribution is 0.0680. The van der Waals surface area contributed by atoms with E-state index < -0.39 is 0 Å². The maximum Gasteiger partial charge on any atom is 0.109 e. The van der Waals surface area contributed by atoms with E-state index in [0.29, 0.717) is 12.1 Å². The van der Waals surface area contributed by atoms with Crippen LogP contribution in [-0.2, 0) is 0 Å². The van der Waals surface area contributed by atoms with E-state index >= 15 is 0 Å². The van der Waals surface area contributed by atoms with Gasteiger partial charge in [-0.15, -0.1) is 11.3 Å². The summed E-state index contributed by atoms with van der Waals surface area (Å²) in [5.41, 5.74) is 0. The van der Waals surface area contributed by atoms with Crippen LogP contribution in [-0.4, -0.2) is 35.6 Å². The quantitative estimate of drug-likeness (QED) is 0.870. The number of nitrogens with one attached hydrogen (secondary N) is 1. The molecule has 1 N–H and O–H groups in total. The molecular weight excluding hydrogens is 218 g/mol. The van der Waals surface area contributed by atoms with E-state index in [0.717, 1.165) is 5.92 Å². The molecule has 2 atom stereocenters. The molecule has 1 aromatic rings. The van der Waals surface area contributed by atoms with Gasteiger partial charge in [0.15, 0.2) is 0 Å². The topological polar surface area (TPSA) is 28.2 Å². The SMILES string of the molecule is CC(NC1CN2CCC1CC2)c1nccs1. The fourth-order valence-corrected chi connectivity index (χ4v) is 3.65. The first kappa shape index (κ1) is 10.7. The Hall–Kier alpha value is -0.450. The number of nitrogens with zero attached hydrogens (tertiary/aromatic N) is 2. The normalized spacial score (nSPS) is 35.2. The van der Waals surface area contributed by atoms with E-state index in [9.17, 15) is 0 Å². The maximum absolute atomic E-state index is 4.39. The lowest BCUT2D eigenvalue weighted by Crippen LogP contribution is -2.56. The lowest BCUT2D eigenvalue weighted by atomic mass is 9.84. The minimum Gasteiger partial charge on any atom is -0.304 e. The van der Waals surface area contributed by atoms with Gasteiger partial charge in [-0.2, -0.15) is 0 Å². The third-order valence-corrected chi connectivity index (χ3v) is 4.90. The number of fused-ring (bicyclic) bond motifs is 3. The third kappa shape index (κ3) is 2.01. The van der Waals surface area contributed by atoms with E-state index in [-0.39, 0.29) is 0 Å².